The molecule has 0 unspecified atom stereocenters. The summed E-state index contributed by atoms with van der Waals surface area (Å²) in [6.45, 7) is 0.268. The molecule has 0 saturated heterocycles. The van der Waals surface area contributed by atoms with Crippen LogP contribution >= 0.6 is 23.1 Å². The number of rotatable bonds is 7. The molecule has 0 aliphatic rings. The van der Waals surface area contributed by atoms with Gasteiger partial charge in [-0.1, -0.05) is 42.1 Å². The van der Waals surface area contributed by atoms with Gasteiger partial charge in [0.1, 0.15) is 0 Å². The van der Waals surface area contributed by atoms with Crippen molar-refractivity contribution in [2.24, 2.45) is 0 Å². The van der Waals surface area contributed by atoms with Crippen molar-refractivity contribution >= 4 is 54.9 Å². The molecule has 0 bridgehead atoms. The molecule has 0 saturated carbocycles. The van der Waals surface area contributed by atoms with E-state index in [9.17, 15) is 13.2 Å². The van der Waals surface area contributed by atoms with E-state index in [0.29, 0.717) is 11.3 Å². The van der Waals surface area contributed by atoms with E-state index in [1.807, 2.05) is 48.7 Å². The second-order valence-electron chi connectivity index (χ2n) is 7.09. The molecule has 6 nitrogen and oxygen atoms in total. The molecule has 0 aliphatic carbocycles. The van der Waals surface area contributed by atoms with Crippen LogP contribution in [0.1, 0.15) is 15.9 Å². The molecule has 4 aromatic rings. The summed E-state index contributed by atoms with van der Waals surface area (Å²) in [6, 6.07) is 20.9. The molecule has 1 N–H and O–H groups in total. The zero-order valence-corrected chi connectivity index (χ0v) is 19.9. The SMILES string of the molecule is CSc1nc2ccc(NC(=O)c3ccc(S(=O)(=O)N(C)Cc4ccccc4)cc3)cc2s1. The minimum absolute atomic E-state index is 0.142. The summed E-state index contributed by atoms with van der Waals surface area (Å²) >= 11 is 3.16. The van der Waals surface area contributed by atoms with E-state index in [-0.39, 0.29) is 17.3 Å². The maximum atomic E-state index is 12.9. The van der Waals surface area contributed by atoms with Crippen LogP contribution in [0.15, 0.2) is 82.0 Å². The molecule has 9 heteroatoms. The quantitative estimate of drug-likeness (QED) is 0.370. The molecule has 4 rings (SSSR count). The first-order valence-corrected chi connectivity index (χ1v) is 13.2. The summed E-state index contributed by atoms with van der Waals surface area (Å²) in [5, 5.41) is 2.86. The van der Waals surface area contributed by atoms with E-state index >= 15 is 0 Å². The van der Waals surface area contributed by atoms with Gasteiger partial charge in [-0.2, -0.15) is 4.31 Å². The molecular formula is C23H21N3O3S3. The van der Waals surface area contributed by atoms with E-state index in [1.165, 1.54) is 28.6 Å². The lowest BCUT2D eigenvalue weighted by atomic mass is 10.2. The van der Waals surface area contributed by atoms with Crippen LogP contribution in [0.2, 0.25) is 0 Å². The second-order valence-corrected chi connectivity index (χ2v) is 11.2. The number of benzene rings is 3. The highest BCUT2D eigenvalue weighted by molar-refractivity contribution is 8.00. The fourth-order valence-electron chi connectivity index (χ4n) is 3.16. The number of aromatic nitrogens is 1. The Bertz CT molecular complexity index is 1350. The average Bonchev–Trinajstić information content (AvgIpc) is 3.22. The van der Waals surface area contributed by atoms with Crippen LogP contribution in [0.3, 0.4) is 0 Å². The monoisotopic (exact) mass is 483 g/mol. The predicted molar refractivity (Wildman–Crippen MR) is 131 cm³/mol. The number of anilines is 1. The molecule has 3 aromatic carbocycles. The summed E-state index contributed by atoms with van der Waals surface area (Å²) in [4.78, 5) is 17.3. The standard InChI is InChI=1S/C23H21N3O3S3/c1-26(15-16-6-4-3-5-7-16)32(28,29)19-11-8-17(9-12-19)22(27)24-18-10-13-20-21(14-18)31-23(25-20)30-2/h3-14H,15H2,1-2H3,(H,24,27). The second kappa shape index (κ2) is 9.41. The number of hydrogen-bond acceptors (Lipinski definition) is 6. The molecule has 0 radical (unpaired) electrons. The highest BCUT2D eigenvalue weighted by atomic mass is 32.2. The van der Waals surface area contributed by atoms with Crippen molar-refractivity contribution in [3.05, 3.63) is 83.9 Å². The minimum Gasteiger partial charge on any atom is -0.322 e. The number of carbonyl (C=O) groups is 1. The molecule has 0 fully saturated rings. The van der Waals surface area contributed by atoms with Crippen LogP contribution in [0, 0.1) is 0 Å². The third-order valence-electron chi connectivity index (χ3n) is 4.87. The van der Waals surface area contributed by atoms with Gasteiger partial charge in [0.15, 0.2) is 4.34 Å². The predicted octanol–water partition coefficient (Wildman–Crippen LogP) is 5.09. The van der Waals surface area contributed by atoms with Gasteiger partial charge >= 0.3 is 0 Å². The van der Waals surface area contributed by atoms with Crippen molar-refractivity contribution in [3.8, 4) is 0 Å². The van der Waals surface area contributed by atoms with Gasteiger partial charge in [-0.05, 0) is 54.3 Å². The smallest absolute Gasteiger partial charge is 0.255 e. The number of hydrogen-bond donors (Lipinski definition) is 1. The van der Waals surface area contributed by atoms with E-state index in [1.54, 1.807) is 36.2 Å². The molecule has 0 aliphatic heterocycles. The zero-order chi connectivity index (χ0) is 22.7. The van der Waals surface area contributed by atoms with Crippen LogP contribution in [-0.4, -0.2) is 36.9 Å². The fourth-order valence-corrected chi connectivity index (χ4v) is 5.84. The van der Waals surface area contributed by atoms with Crippen molar-refractivity contribution in [1.29, 1.82) is 0 Å². The van der Waals surface area contributed by atoms with Crippen LogP contribution in [0.5, 0.6) is 0 Å². The van der Waals surface area contributed by atoms with Crippen molar-refractivity contribution in [2.45, 2.75) is 15.8 Å². The summed E-state index contributed by atoms with van der Waals surface area (Å²) in [7, 11) is -2.13. The fraction of sp³-hybridized carbons (Fsp3) is 0.130. The summed E-state index contributed by atoms with van der Waals surface area (Å²) in [5.74, 6) is -0.305. The first-order chi connectivity index (χ1) is 15.4. The Balaban J connectivity index is 1.47. The van der Waals surface area contributed by atoms with Crippen LogP contribution in [0.25, 0.3) is 10.2 Å². The molecular weight excluding hydrogens is 462 g/mol. The van der Waals surface area contributed by atoms with E-state index in [4.69, 9.17) is 0 Å². The third-order valence-corrected chi connectivity index (χ3v) is 8.70. The van der Waals surface area contributed by atoms with E-state index < -0.39 is 10.0 Å². The summed E-state index contributed by atoms with van der Waals surface area (Å²) in [6.07, 6.45) is 1.98. The van der Waals surface area contributed by atoms with Crippen LogP contribution in [-0.2, 0) is 16.6 Å². The molecule has 1 heterocycles. The van der Waals surface area contributed by atoms with Gasteiger partial charge in [0.25, 0.3) is 5.91 Å². The lowest BCUT2D eigenvalue weighted by Crippen LogP contribution is -2.26. The molecule has 164 valence electrons. The Kier molecular flexibility index (Phi) is 6.61. The zero-order valence-electron chi connectivity index (χ0n) is 17.5. The maximum Gasteiger partial charge on any atom is 0.255 e. The number of carbonyl (C=O) groups excluding carboxylic acids is 1. The number of amides is 1. The molecule has 1 amide bonds. The van der Waals surface area contributed by atoms with Crippen LogP contribution < -0.4 is 5.32 Å². The third kappa shape index (κ3) is 4.86. The van der Waals surface area contributed by atoms with Gasteiger partial charge in [-0.15, -0.1) is 11.3 Å². The number of sulfonamides is 1. The number of thioether (sulfide) groups is 1. The Morgan fingerprint density at radius 1 is 1.06 bits per heavy atom. The first-order valence-electron chi connectivity index (χ1n) is 9.73. The van der Waals surface area contributed by atoms with Gasteiger partial charge in [-0.25, -0.2) is 13.4 Å². The Hall–Kier alpha value is -2.72. The Morgan fingerprint density at radius 2 is 1.78 bits per heavy atom. The van der Waals surface area contributed by atoms with Crippen molar-refractivity contribution in [2.75, 3.05) is 18.6 Å². The summed E-state index contributed by atoms with van der Waals surface area (Å²) < 4.78 is 29.0. The van der Waals surface area contributed by atoms with Gasteiger partial charge in [0.2, 0.25) is 10.0 Å². The highest BCUT2D eigenvalue weighted by Gasteiger charge is 2.21. The Morgan fingerprint density at radius 3 is 2.47 bits per heavy atom. The van der Waals surface area contributed by atoms with Crippen molar-refractivity contribution in [1.82, 2.24) is 9.29 Å². The lowest BCUT2D eigenvalue weighted by molar-refractivity contribution is 0.102. The van der Waals surface area contributed by atoms with E-state index in [2.05, 4.69) is 10.3 Å². The van der Waals surface area contributed by atoms with Crippen molar-refractivity contribution < 1.29 is 13.2 Å². The largest absolute Gasteiger partial charge is 0.322 e. The van der Waals surface area contributed by atoms with Gasteiger partial charge in [-0.3, -0.25) is 4.79 Å². The molecule has 32 heavy (non-hydrogen) atoms. The van der Waals surface area contributed by atoms with Crippen LogP contribution in [0.4, 0.5) is 5.69 Å². The first kappa shape index (κ1) is 22.5. The molecule has 0 atom stereocenters. The topological polar surface area (TPSA) is 79.4 Å². The van der Waals surface area contributed by atoms with Gasteiger partial charge in [0, 0.05) is 24.8 Å². The van der Waals surface area contributed by atoms with Gasteiger partial charge < -0.3 is 5.32 Å². The maximum absolute atomic E-state index is 12.9. The number of nitrogens with zero attached hydrogens (tertiary/aromatic N) is 2. The van der Waals surface area contributed by atoms with E-state index in [0.717, 1.165) is 20.1 Å². The number of nitrogens with one attached hydrogen (secondary N) is 1. The highest BCUT2D eigenvalue weighted by Crippen LogP contribution is 2.30. The number of fused-ring (bicyclic) bond motifs is 1. The normalized spacial score (nSPS) is 11.7. The Labute approximate surface area is 195 Å². The minimum atomic E-state index is -3.67. The lowest BCUT2D eigenvalue weighted by Gasteiger charge is -2.17. The average molecular weight is 484 g/mol. The number of thiazole rings is 1. The van der Waals surface area contributed by atoms with Gasteiger partial charge in [0.05, 0.1) is 15.1 Å². The van der Waals surface area contributed by atoms with Crippen molar-refractivity contribution in [3.63, 3.8) is 0 Å². The summed E-state index contributed by atoms with van der Waals surface area (Å²) in [5.41, 5.74) is 2.84. The molecule has 0 spiro atoms. The molecule has 1 aromatic heterocycles.